The Labute approximate surface area is 208 Å². The molecule has 0 spiro atoms. The zero-order valence-corrected chi connectivity index (χ0v) is 19.6. The molecular weight excluding hydrogens is 436 g/mol. The lowest BCUT2D eigenvalue weighted by Crippen LogP contribution is -1.93. The van der Waals surface area contributed by atoms with Crippen LogP contribution in [0.2, 0.25) is 0 Å². The Kier molecular flexibility index (Phi) is 3.97. The minimum absolute atomic E-state index is 1.17. The number of hydrogen-bond donors (Lipinski definition) is 1. The van der Waals surface area contributed by atoms with Crippen LogP contribution >= 0.6 is 0 Å². The van der Waals surface area contributed by atoms with E-state index in [1.54, 1.807) is 0 Å². The summed E-state index contributed by atoms with van der Waals surface area (Å²) in [5.41, 5.74) is 8.45. The van der Waals surface area contributed by atoms with Crippen LogP contribution in [0.5, 0.6) is 0 Å². The highest BCUT2D eigenvalue weighted by molar-refractivity contribution is 6.22. The van der Waals surface area contributed by atoms with Gasteiger partial charge in [-0.05, 0) is 52.7 Å². The number of H-pyrrole nitrogens is 1. The minimum atomic E-state index is 1.17. The monoisotopic (exact) mass is 458 g/mol. The average molecular weight is 459 g/mol. The molecule has 1 N–H and O–H groups in total. The molecule has 0 saturated heterocycles. The third-order valence-corrected chi connectivity index (χ3v) is 7.52. The molecule has 0 amide bonds. The summed E-state index contributed by atoms with van der Waals surface area (Å²) < 4.78 is 2.39. The van der Waals surface area contributed by atoms with Crippen molar-refractivity contribution in [2.24, 2.45) is 0 Å². The first-order valence-corrected chi connectivity index (χ1v) is 12.4. The molecule has 0 fully saturated rings. The number of aromatic nitrogens is 2. The van der Waals surface area contributed by atoms with E-state index in [0.29, 0.717) is 0 Å². The zero-order valence-electron chi connectivity index (χ0n) is 19.6. The highest BCUT2D eigenvalue weighted by Crippen LogP contribution is 2.40. The molecule has 0 radical (unpaired) electrons. The Bertz CT molecular complexity index is 2090. The second kappa shape index (κ2) is 7.34. The third kappa shape index (κ3) is 2.67. The van der Waals surface area contributed by atoms with Gasteiger partial charge < -0.3 is 9.55 Å². The van der Waals surface area contributed by atoms with Crippen LogP contribution in [0.4, 0.5) is 0 Å². The second-order valence-electron chi connectivity index (χ2n) is 9.48. The van der Waals surface area contributed by atoms with Crippen LogP contribution in [0.25, 0.3) is 71.2 Å². The molecule has 0 atom stereocenters. The van der Waals surface area contributed by atoms with E-state index in [1.807, 2.05) is 0 Å². The average Bonchev–Trinajstić information content (AvgIpc) is 3.49. The van der Waals surface area contributed by atoms with E-state index in [-0.39, 0.29) is 0 Å². The van der Waals surface area contributed by atoms with Gasteiger partial charge in [-0.15, -0.1) is 0 Å². The van der Waals surface area contributed by atoms with E-state index in [1.165, 1.54) is 71.2 Å². The standard InChI is InChI=1S/C34H22N2/c1-2-10-24(11-3-1)36-31-19-18-23(21-29(31)33-25-12-5-4-9-22(25)17-20-32(33)36)26-14-8-15-28-27-13-6-7-16-30(27)35-34(26)28/h1-21,35H. The van der Waals surface area contributed by atoms with Gasteiger partial charge in [-0.2, -0.15) is 0 Å². The summed E-state index contributed by atoms with van der Waals surface area (Å²) in [5.74, 6) is 0. The van der Waals surface area contributed by atoms with Gasteiger partial charge >= 0.3 is 0 Å². The molecular formula is C34H22N2. The van der Waals surface area contributed by atoms with Crippen molar-refractivity contribution in [2.45, 2.75) is 0 Å². The maximum Gasteiger partial charge on any atom is 0.0547 e. The number of rotatable bonds is 2. The van der Waals surface area contributed by atoms with E-state index in [9.17, 15) is 0 Å². The van der Waals surface area contributed by atoms with Crippen molar-refractivity contribution in [3.8, 4) is 16.8 Å². The molecule has 2 heteroatoms. The highest BCUT2D eigenvalue weighted by atomic mass is 15.0. The van der Waals surface area contributed by atoms with E-state index >= 15 is 0 Å². The first-order chi connectivity index (χ1) is 17.9. The Morgan fingerprint density at radius 1 is 0.500 bits per heavy atom. The summed E-state index contributed by atoms with van der Waals surface area (Å²) in [7, 11) is 0. The van der Waals surface area contributed by atoms with E-state index in [2.05, 4.69) is 137 Å². The highest BCUT2D eigenvalue weighted by Gasteiger charge is 2.17. The summed E-state index contributed by atoms with van der Waals surface area (Å²) in [6, 6.07) is 46.0. The number of nitrogens with zero attached hydrogens (tertiary/aromatic N) is 1. The van der Waals surface area contributed by atoms with Crippen LogP contribution in [0, 0.1) is 0 Å². The lowest BCUT2D eigenvalue weighted by atomic mass is 9.98. The topological polar surface area (TPSA) is 20.7 Å². The largest absolute Gasteiger partial charge is 0.354 e. The van der Waals surface area contributed by atoms with Crippen LogP contribution in [0.15, 0.2) is 127 Å². The fourth-order valence-corrected chi connectivity index (χ4v) is 5.93. The normalized spacial score (nSPS) is 11.9. The number of benzene rings is 6. The molecule has 8 aromatic rings. The molecule has 2 heterocycles. The van der Waals surface area contributed by atoms with Gasteiger partial charge in [0.05, 0.1) is 16.6 Å². The number of aromatic amines is 1. The molecule has 8 rings (SSSR count). The second-order valence-corrected chi connectivity index (χ2v) is 9.48. The fourth-order valence-electron chi connectivity index (χ4n) is 5.93. The van der Waals surface area contributed by atoms with Gasteiger partial charge in [0, 0.05) is 38.3 Å². The maximum absolute atomic E-state index is 3.69. The Morgan fingerprint density at radius 2 is 1.25 bits per heavy atom. The molecule has 0 aliphatic rings. The van der Waals surface area contributed by atoms with Gasteiger partial charge in [-0.25, -0.2) is 0 Å². The molecule has 2 nitrogen and oxygen atoms in total. The molecule has 0 bridgehead atoms. The van der Waals surface area contributed by atoms with Crippen molar-refractivity contribution in [1.29, 1.82) is 0 Å². The molecule has 2 aromatic heterocycles. The van der Waals surface area contributed by atoms with Gasteiger partial charge in [0.25, 0.3) is 0 Å². The number of fused-ring (bicyclic) bond motifs is 8. The van der Waals surface area contributed by atoms with Crippen LogP contribution in [-0.4, -0.2) is 9.55 Å². The SMILES string of the molecule is c1ccc(-n2c3ccc(-c4cccc5c4[nH]c4ccccc45)cc3c3c4ccccc4ccc32)cc1. The smallest absolute Gasteiger partial charge is 0.0547 e. The summed E-state index contributed by atoms with van der Waals surface area (Å²) in [6.07, 6.45) is 0. The van der Waals surface area contributed by atoms with Crippen LogP contribution in [0.3, 0.4) is 0 Å². The molecule has 0 aliphatic heterocycles. The maximum atomic E-state index is 3.69. The molecule has 168 valence electrons. The van der Waals surface area contributed by atoms with Gasteiger partial charge in [0.2, 0.25) is 0 Å². The molecule has 0 saturated carbocycles. The van der Waals surface area contributed by atoms with Crippen LogP contribution in [0.1, 0.15) is 0 Å². The van der Waals surface area contributed by atoms with Gasteiger partial charge in [0.1, 0.15) is 0 Å². The first kappa shape index (κ1) is 19.5. The van der Waals surface area contributed by atoms with E-state index in [4.69, 9.17) is 0 Å². The summed E-state index contributed by atoms with van der Waals surface area (Å²) >= 11 is 0. The van der Waals surface area contributed by atoms with Crippen molar-refractivity contribution in [3.63, 3.8) is 0 Å². The van der Waals surface area contributed by atoms with Gasteiger partial charge in [-0.3, -0.25) is 0 Å². The third-order valence-electron chi connectivity index (χ3n) is 7.52. The quantitative estimate of drug-likeness (QED) is 0.266. The lowest BCUT2D eigenvalue weighted by molar-refractivity contribution is 1.18. The predicted molar refractivity (Wildman–Crippen MR) is 153 cm³/mol. The van der Waals surface area contributed by atoms with E-state index < -0.39 is 0 Å². The zero-order chi connectivity index (χ0) is 23.6. The van der Waals surface area contributed by atoms with Crippen LogP contribution in [-0.2, 0) is 0 Å². The van der Waals surface area contributed by atoms with Crippen molar-refractivity contribution in [2.75, 3.05) is 0 Å². The number of nitrogens with one attached hydrogen (secondary N) is 1. The van der Waals surface area contributed by atoms with E-state index in [0.717, 1.165) is 0 Å². The molecule has 36 heavy (non-hydrogen) atoms. The predicted octanol–water partition coefficient (Wildman–Crippen LogP) is 9.24. The molecule has 6 aromatic carbocycles. The molecule has 0 aliphatic carbocycles. The van der Waals surface area contributed by atoms with Crippen molar-refractivity contribution in [1.82, 2.24) is 9.55 Å². The summed E-state index contributed by atoms with van der Waals surface area (Å²) in [5, 5.41) is 7.66. The van der Waals surface area contributed by atoms with Crippen molar-refractivity contribution < 1.29 is 0 Å². The fraction of sp³-hybridized carbons (Fsp3) is 0. The number of para-hydroxylation sites is 3. The first-order valence-electron chi connectivity index (χ1n) is 12.4. The lowest BCUT2D eigenvalue weighted by Gasteiger charge is -2.08. The minimum Gasteiger partial charge on any atom is -0.354 e. The molecule has 0 unspecified atom stereocenters. The van der Waals surface area contributed by atoms with Gasteiger partial charge in [-0.1, -0.05) is 91.0 Å². The Hall–Kier alpha value is -4.82. The Balaban J connectivity index is 1.49. The number of hydrogen-bond acceptors (Lipinski definition) is 0. The van der Waals surface area contributed by atoms with Crippen molar-refractivity contribution >= 4 is 54.4 Å². The Morgan fingerprint density at radius 3 is 2.17 bits per heavy atom. The van der Waals surface area contributed by atoms with Gasteiger partial charge in [0.15, 0.2) is 0 Å². The van der Waals surface area contributed by atoms with Crippen LogP contribution < -0.4 is 0 Å². The van der Waals surface area contributed by atoms with Crippen molar-refractivity contribution in [3.05, 3.63) is 127 Å². The summed E-state index contributed by atoms with van der Waals surface area (Å²) in [6.45, 7) is 0. The summed E-state index contributed by atoms with van der Waals surface area (Å²) in [4.78, 5) is 3.69.